The first-order valence-electron chi connectivity index (χ1n) is 12.0. The normalized spacial score (nSPS) is 13.7. The molecule has 0 aromatic heterocycles. The van der Waals surface area contributed by atoms with Crippen molar-refractivity contribution < 1.29 is 0 Å². The van der Waals surface area contributed by atoms with Crippen LogP contribution in [-0.4, -0.2) is 0 Å². The van der Waals surface area contributed by atoms with Crippen molar-refractivity contribution in [3.63, 3.8) is 0 Å². The lowest BCUT2D eigenvalue weighted by Gasteiger charge is -2.37. The Morgan fingerprint density at radius 3 is 1.97 bits per heavy atom. The Morgan fingerprint density at radius 1 is 0.515 bits per heavy atom. The van der Waals surface area contributed by atoms with E-state index in [0.717, 1.165) is 0 Å². The maximum Gasteiger partial charge on any atom is 0.0165 e. The summed E-state index contributed by atoms with van der Waals surface area (Å²) in [5.74, 6) is 0. The first kappa shape index (κ1) is 20.0. The number of hydrogen-bond acceptors (Lipinski definition) is 0. The Kier molecular flexibility index (Phi) is 4.35. The van der Waals surface area contributed by atoms with Gasteiger partial charge in [0.25, 0.3) is 0 Å². The predicted molar refractivity (Wildman–Crippen MR) is 145 cm³/mol. The van der Waals surface area contributed by atoms with Gasteiger partial charge in [-0.25, -0.2) is 0 Å². The summed E-state index contributed by atoms with van der Waals surface area (Å²) in [4.78, 5) is 0. The first-order chi connectivity index (χ1) is 16.1. The van der Waals surface area contributed by atoms with Crippen LogP contribution in [-0.2, 0) is 5.41 Å². The Balaban J connectivity index is 0.00000101. The zero-order valence-corrected chi connectivity index (χ0v) is 19.7. The first-order valence-corrected chi connectivity index (χ1v) is 12.0. The lowest BCUT2D eigenvalue weighted by Crippen LogP contribution is -2.24. The summed E-state index contributed by atoms with van der Waals surface area (Å²) in [5.41, 5.74) is 5.58. The SMILES string of the molecule is CC.CC1(C)c2ccc3ccc4ccccc4c3c2-c2cccc3cc4ccccc4c1c23. The fourth-order valence-electron chi connectivity index (χ4n) is 6.01. The quantitative estimate of drug-likeness (QED) is 0.168. The summed E-state index contributed by atoms with van der Waals surface area (Å²) in [6.07, 6.45) is 0. The van der Waals surface area contributed by atoms with Crippen molar-refractivity contribution in [2.24, 2.45) is 0 Å². The lowest BCUT2D eigenvalue weighted by molar-refractivity contribution is 0.652. The third-order valence-electron chi connectivity index (χ3n) is 7.37. The molecule has 0 radical (unpaired) electrons. The average molecular weight is 425 g/mol. The van der Waals surface area contributed by atoms with Crippen molar-refractivity contribution in [3.05, 3.63) is 108 Å². The predicted octanol–water partition coefficient (Wildman–Crippen LogP) is 9.63. The van der Waals surface area contributed by atoms with E-state index in [-0.39, 0.29) is 5.41 Å². The smallest absolute Gasteiger partial charge is 0.0165 e. The third kappa shape index (κ3) is 2.64. The molecule has 6 aromatic rings. The molecule has 0 aliphatic heterocycles. The highest BCUT2D eigenvalue weighted by molar-refractivity contribution is 6.21. The van der Waals surface area contributed by atoms with Gasteiger partial charge in [-0.05, 0) is 71.4 Å². The molecule has 6 aromatic carbocycles. The van der Waals surface area contributed by atoms with Gasteiger partial charge in [-0.15, -0.1) is 0 Å². The molecule has 0 saturated heterocycles. The van der Waals surface area contributed by atoms with Gasteiger partial charge in [-0.2, -0.15) is 0 Å². The summed E-state index contributed by atoms with van der Waals surface area (Å²) in [6.45, 7) is 8.81. The number of rotatable bonds is 0. The zero-order chi connectivity index (χ0) is 22.7. The monoisotopic (exact) mass is 424 g/mol. The topological polar surface area (TPSA) is 0 Å². The van der Waals surface area contributed by atoms with E-state index >= 15 is 0 Å². The van der Waals surface area contributed by atoms with Crippen LogP contribution in [0.5, 0.6) is 0 Å². The Morgan fingerprint density at radius 2 is 1.15 bits per heavy atom. The van der Waals surface area contributed by atoms with E-state index in [4.69, 9.17) is 0 Å². The van der Waals surface area contributed by atoms with Crippen LogP contribution in [0, 0.1) is 0 Å². The maximum atomic E-state index is 2.40. The van der Waals surface area contributed by atoms with Gasteiger partial charge in [0.2, 0.25) is 0 Å². The summed E-state index contributed by atoms with van der Waals surface area (Å²) < 4.78 is 0. The molecular weight excluding hydrogens is 396 g/mol. The minimum Gasteiger partial charge on any atom is -0.0683 e. The van der Waals surface area contributed by atoms with Crippen LogP contribution >= 0.6 is 0 Å². The van der Waals surface area contributed by atoms with E-state index in [2.05, 4.69) is 111 Å². The molecule has 0 heterocycles. The molecule has 0 amide bonds. The van der Waals surface area contributed by atoms with Gasteiger partial charge in [0, 0.05) is 5.41 Å². The highest BCUT2D eigenvalue weighted by Gasteiger charge is 2.36. The molecule has 0 N–H and O–H groups in total. The molecular formula is C33H28. The molecule has 33 heavy (non-hydrogen) atoms. The molecule has 0 nitrogen and oxygen atoms in total. The average Bonchev–Trinajstić information content (AvgIpc) is 2.86. The maximum absolute atomic E-state index is 2.40. The van der Waals surface area contributed by atoms with Crippen molar-refractivity contribution in [1.29, 1.82) is 0 Å². The van der Waals surface area contributed by atoms with Gasteiger partial charge < -0.3 is 0 Å². The minimum absolute atomic E-state index is 0.0894. The number of fused-ring (bicyclic) bond motifs is 8. The Labute approximate surface area is 195 Å². The van der Waals surface area contributed by atoms with E-state index in [9.17, 15) is 0 Å². The van der Waals surface area contributed by atoms with Gasteiger partial charge in [0.1, 0.15) is 0 Å². The molecule has 0 spiro atoms. The second-order valence-corrected chi connectivity index (χ2v) is 9.37. The van der Waals surface area contributed by atoms with Crippen LogP contribution in [0.3, 0.4) is 0 Å². The van der Waals surface area contributed by atoms with Crippen LogP contribution in [0.1, 0.15) is 38.8 Å². The Bertz CT molecular complexity index is 1700. The molecule has 0 unspecified atom stereocenters. The molecule has 7 rings (SSSR count). The fourth-order valence-corrected chi connectivity index (χ4v) is 6.01. The summed E-state index contributed by atoms with van der Waals surface area (Å²) in [5, 5.41) is 10.8. The van der Waals surface area contributed by atoms with Crippen molar-refractivity contribution in [2.45, 2.75) is 33.1 Å². The van der Waals surface area contributed by atoms with Gasteiger partial charge in [-0.1, -0.05) is 119 Å². The summed E-state index contributed by atoms with van der Waals surface area (Å²) >= 11 is 0. The molecule has 0 saturated carbocycles. The zero-order valence-electron chi connectivity index (χ0n) is 19.7. The van der Waals surface area contributed by atoms with Crippen molar-refractivity contribution in [3.8, 4) is 11.1 Å². The molecule has 0 bridgehead atoms. The fraction of sp³-hybridized carbons (Fsp3) is 0.152. The largest absolute Gasteiger partial charge is 0.0683 e. The highest BCUT2D eigenvalue weighted by atomic mass is 14.4. The van der Waals surface area contributed by atoms with Gasteiger partial charge >= 0.3 is 0 Å². The van der Waals surface area contributed by atoms with E-state index < -0.39 is 0 Å². The second kappa shape index (κ2) is 7.18. The third-order valence-corrected chi connectivity index (χ3v) is 7.37. The molecule has 1 aliphatic rings. The van der Waals surface area contributed by atoms with Gasteiger partial charge in [0.05, 0.1) is 0 Å². The molecule has 0 atom stereocenters. The number of hydrogen-bond donors (Lipinski definition) is 0. The standard InChI is InChI=1S/C31H22.C2H6/c1-31(2)26-17-16-20-15-14-19-8-3-5-11-23(19)27(20)29(26)25-13-7-10-22-18-21-9-4-6-12-24(21)30(31)28(22)25;1-2/h3-18H,1-2H3;1-2H3. The molecule has 0 heteroatoms. The van der Waals surface area contributed by atoms with Gasteiger partial charge in [0.15, 0.2) is 0 Å². The van der Waals surface area contributed by atoms with Crippen LogP contribution in [0.15, 0.2) is 97.1 Å². The summed E-state index contributed by atoms with van der Waals surface area (Å²) in [7, 11) is 0. The number of benzene rings is 6. The van der Waals surface area contributed by atoms with Gasteiger partial charge in [-0.3, -0.25) is 0 Å². The summed E-state index contributed by atoms with van der Waals surface area (Å²) in [6, 6.07) is 36.1. The molecule has 1 aliphatic carbocycles. The van der Waals surface area contributed by atoms with Crippen LogP contribution in [0.2, 0.25) is 0 Å². The van der Waals surface area contributed by atoms with Crippen molar-refractivity contribution in [2.75, 3.05) is 0 Å². The van der Waals surface area contributed by atoms with Crippen LogP contribution < -0.4 is 0 Å². The highest BCUT2D eigenvalue weighted by Crippen LogP contribution is 2.53. The molecule has 0 fully saturated rings. The van der Waals surface area contributed by atoms with Crippen LogP contribution in [0.4, 0.5) is 0 Å². The van der Waals surface area contributed by atoms with Crippen molar-refractivity contribution in [1.82, 2.24) is 0 Å². The van der Waals surface area contributed by atoms with Crippen molar-refractivity contribution >= 4 is 43.1 Å². The van der Waals surface area contributed by atoms with Crippen LogP contribution in [0.25, 0.3) is 54.2 Å². The van der Waals surface area contributed by atoms with E-state index in [0.29, 0.717) is 0 Å². The second-order valence-electron chi connectivity index (χ2n) is 9.37. The van der Waals surface area contributed by atoms with E-state index in [1.54, 1.807) is 0 Å². The van der Waals surface area contributed by atoms with E-state index in [1.165, 1.54) is 65.3 Å². The lowest BCUT2D eigenvalue weighted by atomic mass is 9.66. The van der Waals surface area contributed by atoms with E-state index in [1.807, 2.05) is 13.8 Å². The Hall–Kier alpha value is -3.64. The molecule has 160 valence electrons. The minimum atomic E-state index is -0.0894.